The van der Waals surface area contributed by atoms with Gasteiger partial charge in [-0.05, 0) is 24.3 Å². The van der Waals surface area contributed by atoms with Gasteiger partial charge in [-0.3, -0.25) is 4.79 Å². The Balaban J connectivity index is 0.000000182. The van der Waals surface area contributed by atoms with E-state index >= 15 is 0 Å². The second kappa shape index (κ2) is 11.1. The first-order valence-corrected chi connectivity index (χ1v) is 10.4. The number of aromatic nitrogens is 4. The van der Waals surface area contributed by atoms with Crippen molar-refractivity contribution < 1.29 is 4.79 Å². The Kier molecular flexibility index (Phi) is 8.19. The first-order chi connectivity index (χ1) is 15.4. The number of carbonyl (C=O) groups excluding carboxylic acids is 1. The van der Waals surface area contributed by atoms with E-state index in [-0.39, 0.29) is 0 Å². The van der Waals surface area contributed by atoms with Crippen LogP contribution in [0, 0.1) is 0 Å². The molecule has 162 valence electrons. The lowest BCUT2D eigenvalue weighted by Crippen LogP contribution is -1.97. The normalized spacial score (nSPS) is 10.1. The minimum absolute atomic E-state index is 0.422. The molecule has 0 saturated carbocycles. The molecule has 0 aliphatic carbocycles. The molecular formula is C21H14Cl4N6O. The number of rotatable bonds is 4. The van der Waals surface area contributed by atoms with Crippen LogP contribution in [0.3, 0.4) is 0 Å². The van der Waals surface area contributed by atoms with Gasteiger partial charge in [-0.15, -0.1) is 0 Å². The summed E-state index contributed by atoms with van der Waals surface area (Å²) in [6.07, 6.45) is 3.33. The van der Waals surface area contributed by atoms with Crippen LogP contribution in [0.25, 0.3) is 22.5 Å². The Hall–Kier alpha value is -2.97. The molecule has 0 bridgehead atoms. The highest BCUT2D eigenvalue weighted by molar-refractivity contribution is 6.42. The summed E-state index contributed by atoms with van der Waals surface area (Å²) in [5.41, 5.74) is 8.59. The average Bonchev–Trinajstić information content (AvgIpc) is 2.78. The van der Waals surface area contributed by atoms with Crippen LogP contribution in [0.2, 0.25) is 20.1 Å². The Morgan fingerprint density at radius 3 is 1.72 bits per heavy atom. The predicted octanol–water partition coefficient (Wildman–Crippen LogP) is 6.05. The average molecular weight is 508 g/mol. The van der Waals surface area contributed by atoms with Crippen molar-refractivity contribution in [2.24, 2.45) is 0 Å². The Morgan fingerprint density at radius 1 is 0.688 bits per heavy atom. The fourth-order valence-electron chi connectivity index (χ4n) is 2.50. The van der Waals surface area contributed by atoms with Crippen molar-refractivity contribution in [3.05, 3.63) is 81.3 Å². The van der Waals surface area contributed by atoms with E-state index in [1.807, 2.05) is 6.07 Å². The Labute approximate surface area is 203 Å². The zero-order valence-electron chi connectivity index (χ0n) is 16.1. The fourth-order valence-corrected chi connectivity index (χ4v) is 3.09. The van der Waals surface area contributed by atoms with Crippen LogP contribution in [0.5, 0.6) is 0 Å². The number of nitrogen functional groups attached to an aromatic ring is 1. The van der Waals surface area contributed by atoms with Crippen molar-refractivity contribution in [3.63, 3.8) is 0 Å². The van der Waals surface area contributed by atoms with Crippen LogP contribution >= 0.6 is 46.4 Å². The maximum absolute atomic E-state index is 10.3. The second-order valence-corrected chi connectivity index (χ2v) is 7.77. The second-order valence-electron chi connectivity index (χ2n) is 6.14. The summed E-state index contributed by atoms with van der Waals surface area (Å²) in [5.74, 6) is 0.849. The topological polar surface area (TPSA) is 107 Å². The summed E-state index contributed by atoms with van der Waals surface area (Å²) in [7, 11) is 0. The van der Waals surface area contributed by atoms with E-state index in [9.17, 15) is 4.79 Å². The van der Waals surface area contributed by atoms with Crippen molar-refractivity contribution >= 4 is 64.4 Å². The number of nitrogens with zero attached hydrogens (tertiary/aromatic N) is 4. The fraction of sp³-hybridized carbons (Fsp3) is 0. The van der Waals surface area contributed by atoms with Crippen LogP contribution in [0.15, 0.2) is 61.2 Å². The lowest BCUT2D eigenvalue weighted by atomic mass is 10.1. The molecule has 4 aromatic rings. The third kappa shape index (κ3) is 6.27. The maximum Gasteiger partial charge on any atom is 0.212 e. The highest BCUT2D eigenvalue weighted by Crippen LogP contribution is 2.28. The molecule has 7 nitrogen and oxygen atoms in total. The van der Waals surface area contributed by atoms with Crippen LogP contribution in [-0.2, 0) is 4.79 Å². The van der Waals surface area contributed by atoms with Gasteiger partial charge in [0.1, 0.15) is 24.3 Å². The maximum atomic E-state index is 10.3. The number of halogens is 4. The van der Waals surface area contributed by atoms with Gasteiger partial charge < -0.3 is 11.1 Å². The van der Waals surface area contributed by atoms with Gasteiger partial charge >= 0.3 is 0 Å². The highest BCUT2D eigenvalue weighted by Gasteiger charge is 2.05. The molecule has 0 radical (unpaired) electrons. The van der Waals surface area contributed by atoms with E-state index in [1.54, 1.807) is 42.5 Å². The molecule has 0 spiro atoms. The minimum atomic E-state index is 0.422. The van der Waals surface area contributed by atoms with Crippen LogP contribution in [-0.4, -0.2) is 26.3 Å². The van der Waals surface area contributed by atoms with Gasteiger partial charge in [0.15, 0.2) is 0 Å². The summed E-state index contributed by atoms with van der Waals surface area (Å²) in [5, 5.41) is 4.39. The summed E-state index contributed by atoms with van der Waals surface area (Å²) >= 11 is 23.5. The monoisotopic (exact) mass is 506 g/mol. The molecule has 2 heterocycles. The number of carbonyl (C=O) groups is 1. The lowest BCUT2D eigenvalue weighted by molar-refractivity contribution is -0.105. The van der Waals surface area contributed by atoms with E-state index in [4.69, 9.17) is 52.1 Å². The first kappa shape index (κ1) is 23.7. The third-order valence-electron chi connectivity index (χ3n) is 3.99. The van der Waals surface area contributed by atoms with Crippen molar-refractivity contribution in [1.29, 1.82) is 0 Å². The molecule has 3 N–H and O–H groups in total. The molecule has 2 aromatic carbocycles. The zero-order valence-corrected chi connectivity index (χ0v) is 19.2. The van der Waals surface area contributed by atoms with Crippen LogP contribution in [0.4, 0.5) is 11.6 Å². The smallest absolute Gasteiger partial charge is 0.212 e. The number of hydrogen-bond donors (Lipinski definition) is 2. The molecule has 2 aromatic heterocycles. The van der Waals surface area contributed by atoms with Gasteiger partial charge in [0.2, 0.25) is 6.41 Å². The molecule has 0 unspecified atom stereocenters. The number of amides is 1. The summed E-state index contributed by atoms with van der Waals surface area (Å²) in [6, 6.07) is 13.8. The van der Waals surface area contributed by atoms with E-state index in [0.29, 0.717) is 43.8 Å². The van der Waals surface area contributed by atoms with Crippen molar-refractivity contribution in [1.82, 2.24) is 19.9 Å². The molecular weight excluding hydrogens is 494 g/mol. The molecule has 32 heavy (non-hydrogen) atoms. The van der Waals surface area contributed by atoms with E-state index in [2.05, 4.69) is 25.3 Å². The number of anilines is 2. The summed E-state index contributed by atoms with van der Waals surface area (Å²) in [6.45, 7) is 0. The Morgan fingerprint density at radius 2 is 1.22 bits per heavy atom. The largest absolute Gasteiger partial charge is 0.384 e. The van der Waals surface area contributed by atoms with Gasteiger partial charge in [-0.25, -0.2) is 19.9 Å². The summed E-state index contributed by atoms with van der Waals surface area (Å²) < 4.78 is 0. The molecule has 0 aliphatic rings. The minimum Gasteiger partial charge on any atom is -0.384 e. The van der Waals surface area contributed by atoms with Gasteiger partial charge in [-0.2, -0.15) is 0 Å². The SMILES string of the molecule is Nc1cc(-c2ccc(Cl)c(Cl)c2)ncn1.O=CNc1cc(-c2ccc(Cl)c(Cl)c2)ncn1. The van der Waals surface area contributed by atoms with Gasteiger partial charge in [-0.1, -0.05) is 58.5 Å². The highest BCUT2D eigenvalue weighted by atomic mass is 35.5. The number of benzene rings is 2. The number of hydrogen-bond acceptors (Lipinski definition) is 6. The first-order valence-electron chi connectivity index (χ1n) is 8.88. The number of nitrogens with one attached hydrogen (secondary N) is 1. The Bertz CT molecular complexity index is 1250. The molecule has 4 rings (SSSR count). The zero-order chi connectivity index (χ0) is 23.1. The molecule has 0 atom stereocenters. The van der Waals surface area contributed by atoms with Crippen molar-refractivity contribution in [3.8, 4) is 22.5 Å². The quantitative estimate of drug-likeness (QED) is 0.325. The van der Waals surface area contributed by atoms with E-state index < -0.39 is 0 Å². The number of nitrogens with two attached hydrogens (primary N) is 1. The van der Waals surface area contributed by atoms with Gasteiger partial charge in [0, 0.05) is 23.3 Å². The van der Waals surface area contributed by atoms with Gasteiger partial charge in [0.05, 0.1) is 31.5 Å². The molecule has 0 fully saturated rings. The molecule has 0 saturated heterocycles. The molecule has 11 heteroatoms. The molecule has 1 amide bonds. The standard InChI is InChI=1S/C11H7Cl2N3O.C10H7Cl2N3/c12-8-2-1-7(3-9(8)13)10-4-11(16-6-17)15-5-14-10;11-7-2-1-6(3-8(7)12)9-4-10(13)15-5-14-9/h1-6H,(H,14,15,16,17);1-5H,(H2,13,14,15). The predicted molar refractivity (Wildman–Crippen MR) is 129 cm³/mol. The van der Waals surface area contributed by atoms with E-state index in [1.165, 1.54) is 12.7 Å². The third-order valence-corrected chi connectivity index (χ3v) is 5.47. The van der Waals surface area contributed by atoms with Crippen molar-refractivity contribution in [2.75, 3.05) is 11.1 Å². The lowest BCUT2D eigenvalue weighted by Gasteiger charge is -2.04. The van der Waals surface area contributed by atoms with Crippen molar-refractivity contribution in [2.45, 2.75) is 0 Å². The summed E-state index contributed by atoms with van der Waals surface area (Å²) in [4.78, 5) is 26.2. The van der Waals surface area contributed by atoms with Crippen LogP contribution in [0.1, 0.15) is 0 Å². The van der Waals surface area contributed by atoms with Crippen LogP contribution < -0.4 is 11.1 Å². The molecule has 0 aliphatic heterocycles. The van der Waals surface area contributed by atoms with Gasteiger partial charge in [0.25, 0.3) is 0 Å². The van der Waals surface area contributed by atoms with E-state index in [0.717, 1.165) is 16.8 Å².